The van der Waals surface area contributed by atoms with Gasteiger partial charge in [0.1, 0.15) is 0 Å². The minimum atomic E-state index is -0.752. The Balaban J connectivity index is 2.19. The van der Waals surface area contributed by atoms with Gasteiger partial charge in [0.25, 0.3) is 0 Å². The summed E-state index contributed by atoms with van der Waals surface area (Å²) in [5, 5.41) is 14.7. The molecule has 1 aliphatic rings. The van der Waals surface area contributed by atoms with Crippen LogP contribution in [0.3, 0.4) is 0 Å². The predicted molar refractivity (Wildman–Crippen MR) is 74.0 cm³/mol. The number of carbonyl (C=O) groups excluding carboxylic acids is 1. The van der Waals surface area contributed by atoms with E-state index in [9.17, 15) is 9.59 Å². The maximum atomic E-state index is 11.7. The van der Waals surface area contributed by atoms with Crippen LogP contribution in [-0.2, 0) is 4.79 Å². The Hall–Kier alpha value is -1.26. The normalized spacial score (nSPS) is 23.9. The van der Waals surface area contributed by atoms with Crippen molar-refractivity contribution in [2.24, 2.45) is 5.92 Å². The maximum Gasteiger partial charge on any atom is 0.315 e. The van der Waals surface area contributed by atoms with Crippen LogP contribution in [0.4, 0.5) is 4.79 Å². The maximum absolute atomic E-state index is 11.7. The van der Waals surface area contributed by atoms with Gasteiger partial charge in [-0.2, -0.15) is 0 Å². The van der Waals surface area contributed by atoms with Crippen LogP contribution in [0.25, 0.3) is 0 Å². The van der Waals surface area contributed by atoms with E-state index in [1.807, 2.05) is 6.92 Å². The Morgan fingerprint density at radius 3 is 2.63 bits per heavy atom. The summed E-state index contributed by atoms with van der Waals surface area (Å²) in [5.74, 6) is -1.05. The van der Waals surface area contributed by atoms with Crippen molar-refractivity contribution in [2.75, 3.05) is 0 Å². The van der Waals surface area contributed by atoms with Gasteiger partial charge >= 0.3 is 12.0 Å². The molecule has 0 spiro atoms. The van der Waals surface area contributed by atoms with E-state index in [1.165, 1.54) is 12.8 Å². The lowest BCUT2D eigenvalue weighted by atomic mass is 10.1. The highest BCUT2D eigenvalue weighted by molar-refractivity contribution is 5.75. The molecule has 3 N–H and O–H groups in total. The van der Waals surface area contributed by atoms with E-state index < -0.39 is 5.97 Å². The fourth-order valence-corrected chi connectivity index (χ4v) is 2.56. The average Bonchev–Trinajstić information content (AvgIpc) is 2.77. The first kappa shape index (κ1) is 15.8. The number of amides is 2. The van der Waals surface area contributed by atoms with Crippen LogP contribution in [0.15, 0.2) is 0 Å². The Morgan fingerprint density at radius 2 is 2.05 bits per heavy atom. The molecule has 5 nitrogen and oxygen atoms in total. The summed E-state index contributed by atoms with van der Waals surface area (Å²) in [5.41, 5.74) is 0. The number of carbonyl (C=O) groups is 2. The molecule has 5 heteroatoms. The number of carboxylic acid groups (broad SMARTS) is 1. The van der Waals surface area contributed by atoms with Gasteiger partial charge in [-0.3, -0.25) is 4.79 Å². The second-order valence-electron chi connectivity index (χ2n) is 5.56. The molecule has 0 radical (unpaired) electrons. The lowest BCUT2D eigenvalue weighted by Crippen LogP contribution is -2.44. The van der Waals surface area contributed by atoms with Crippen LogP contribution in [0.1, 0.15) is 58.8 Å². The topological polar surface area (TPSA) is 78.4 Å². The van der Waals surface area contributed by atoms with Gasteiger partial charge in [-0.25, -0.2) is 4.79 Å². The second kappa shape index (κ2) is 8.02. The van der Waals surface area contributed by atoms with Gasteiger partial charge in [0.05, 0.1) is 5.92 Å². The summed E-state index contributed by atoms with van der Waals surface area (Å²) in [6.45, 7) is 4.16. The number of unbranched alkanes of at least 4 members (excludes halogenated alkanes) is 2. The SMILES string of the molecule is CCCCCC(C)NC(=O)N[C@H]1CC[C@@H](C(=O)O)C1. The van der Waals surface area contributed by atoms with Gasteiger partial charge in [-0.15, -0.1) is 0 Å². The number of aliphatic carboxylic acids is 1. The zero-order valence-electron chi connectivity index (χ0n) is 11.9. The number of hydrogen-bond acceptors (Lipinski definition) is 2. The summed E-state index contributed by atoms with van der Waals surface area (Å²) < 4.78 is 0. The van der Waals surface area contributed by atoms with E-state index >= 15 is 0 Å². The van der Waals surface area contributed by atoms with Crippen molar-refractivity contribution in [3.8, 4) is 0 Å². The van der Waals surface area contributed by atoms with E-state index in [1.54, 1.807) is 0 Å². The highest BCUT2D eigenvalue weighted by atomic mass is 16.4. The highest BCUT2D eigenvalue weighted by Crippen LogP contribution is 2.25. The molecule has 3 atom stereocenters. The fourth-order valence-electron chi connectivity index (χ4n) is 2.56. The van der Waals surface area contributed by atoms with Crippen LogP contribution >= 0.6 is 0 Å². The number of hydrogen-bond donors (Lipinski definition) is 3. The van der Waals surface area contributed by atoms with Gasteiger partial charge in [-0.05, 0) is 32.6 Å². The molecule has 0 heterocycles. The molecule has 1 unspecified atom stereocenters. The third kappa shape index (κ3) is 5.94. The number of carboxylic acids is 1. The molecule has 0 bridgehead atoms. The minimum absolute atomic E-state index is 0.00365. The molecule has 1 aliphatic carbocycles. The van der Waals surface area contributed by atoms with Gasteiger partial charge in [0, 0.05) is 12.1 Å². The lowest BCUT2D eigenvalue weighted by Gasteiger charge is -2.17. The lowest BCUT2D eigenvalue weighted by molar-refractivity contribution is -0.141. The van der Waals surface area contributed by atoms with E-state index in [2.05, 4.69) is 17.6 Å². The van der Waals surface area contributed by atoms with E-state index in [-0.39, 0.29) is 24.0 Å². The third-order valence-electron chi connectivity index (χ3n) is 3.74. The molecule has 0 aromatic carbocycles. The van der Waals surface area contributed by atoms with E-state index in [0.717, 1.165) is 19.3 Å². The molecule has 2 amide bonds. The first-order valence-corrected chi connectivity index (χ1v) is 7.32. The smallest absolute Gasteiger partial charge is 0.315 e. The van der Waals surface area contributed by atoms with Crippen molar-refractivity contribution in [1.29, 1.82) is 0 Å². The van der Waals surface area contributed by atoms with Crippen molar-refractivity contribution in [3.05, 3.63) is 0 Å². The van der Waals surface area contributed by atoms with Crippen molar-refractivity contribution in [1.82, 2.24) is 10.6 Å². The van der Waals surface area contributed by atoms with Crippen molar-refractivity contribution in [3.63, 3.8) is 0 Å². The molecule has 1 fully saturated rings. The molecule has 19 heavy (non-hydrogen) atoms. The Bertz CT molecular complexity index is 307. The molecule has 110 valence electrons. The van der Waals surface area contributed by atoms with Gasteiger partial charge in [-0.1, -0.05) is 26.2 Å². The summed E-state index contributed by atoms with van der Waals surface area (Å²) in [6, 6.07) is 0.00667. The van der Waals surface area contributed by atoms with Crippen LogP contribution in [0.5, 0.6) is 0 Å². The van der Waals surface area contributed by atoms with E-state index in [0.29, 0.717) is 12.8 Å². The number of nitrogens with one attached hydrogen (secondary N) is 2. The first-order chi connectivity index (χ1) is 9.02. The Labute approximate surface area is 115 Å². The first-order valence-electron chi connectivity index (χ1n) is 7.32. The summed E-state index contributed by atoms with van der Waals surface area (Å²) in [7, 11) is 0. The third-order valence-corrected chi connectivity index (χ3v) is 3.74. The number of rotatable bonds is 7. The summed E-state index contributed by atoms with van der Waals surface area (Å²) >= 11 is 0. The molecule has 1 rings (SSSR count). The second-order valence-corrected chi connectivity index (χ2v) is 5.56. The Morgan fingerprint density at radius 1 is 1.32 bits per heavy atom. The molecular weight excluding hydrogens is 244 g/mol. The van der Waals surface area contributed by atoms with Crippen molar-refractivity contribution >= 4 is 12.0 Å². The molecular formula is C14H26N2O3. The largest absolute Gasteiger partial charge is 0.481 e. The molecule has 0 aliphatic heterocycles. The molecule has 0 aromatic heterocycles. The summed E-state index contributed by atoms with van der Waals surface area (Å²) in [4.78, 5) is 22.6. The van der Waals surface area contributed by atoms with Crippen LogP contribution < -0.4 is 10.6 Å². The fraction of sp³-hybridized carbons (Fsp3) is 0.857. The standard InChI is InChI=1S/C14H26N2O3/c1-3-4-5-6-10(2)15-14(19)16-12-8-7-11(9-12)13(17)18/h10-12H,3-9H2,1-2H3,(H,17,18)(H2,15,16,19)/t10?,11-,12+/m1/s1. The highest BCUT2D eigenvalue weighted by Gasteiger charge is 2.30. The summed E-state index contributed by atoms with van der Waals surface area (Å²) in [6.07, 6.45) is 6.45. The molecule has 0 aromatic rings. The molecule has 0 saturated heterocycles. The van der Waals surface area contributed by atoms with Gasteiger partial charge in [0.2, 0.25) is 0 Å². The van der Waals surface area contributed by atoms with Gasteiger partial charge in [0.15, 0.2) is 0 Å². The zero-order chi connectivity index (χ0) is 14.3. The quantitative estimate of drug-likeness (QED) is 0.622. The van der Waals surface area contributed by atoms with Crippen LogP contribution in [0.2, 0.25) is 0 Å². The van der Waals surface area contributed by atoms with Crippen LogP contribution in [0, 0.1) is 5.92 Å². The zero-order valence-corrected chi connectivity index (χ0v) is 11.9. The van der Waals surface area contributed by atoms with Crippen molar-refractivity contribution < 1.29 is 14.7 Å². The predicted octanol–water partition coefficient (Wildman–Crippen LogP) is 2.51. The van der Waals surface area contributed by atoms with Crippen molar-refractivity contribution in [2.45, 2.75) is 70.9 Å². The molecule has 1 saturated carbocycles. The Kier molecular flexibility index (Phi) is 6.67. The van der Waals surface area contributed by atoms with Gasteiger partial charge < -0.3 is 15.7 Å². The van der Waals surface area contributed by atoms with E-state index in [4.69, 9.17) is 5.11 Å². The van der Waals surface area contributed by atoms with Crippen LogP contribution in [-0.4, -0.2) is 29.2 Å². The number of urea groups is 1. The average molecular weight is 270 g/mol. The minimum Gasteiger partial charge on any atom is -0.481 e. The monoisotopic (exact) mass is 270 g/mol.